The van der Waals surface area contributed by atoms with Crippen molar-refractivity contribution < 1.29 is 14.6 Å². The van der Waals surface area contributed by atoms with Gasteiger partial charge in [0.15, 0.2) is 5.90 Å². The summed E-state index contributed by atoms with van der Waals surface area (Å²) in [5.41, 5.74) is -0.562. The van der Waals surface area contributed by atoms with Gasteiger partial charge in [0.25, 0.3) is 11.4 Å². The van der Waals surface area contributed by atoms with Gasteiger partial charge in [0.05, 0.1) is 20.8 Å². The van der Waals surface area contributed by atoms with Crippen LogP contribution in [0.5, 0.6) is 0 Å². The fourth-order valence-corrected chi connectivity index (χ4v) is 3.94. The van der Waals surface area contributed by atoms with Crippen molar-refractivity contribution >= 4 is 29.0 Å². The lowest BCUT2D eigenvalue weighted by atomic mass is 9.97. The Labute approximate surface area is 137 Å². The predicted octanol–water partition coefficient (Wildman–Crippen LogP) is 3.92. The molecule has 9 heteroatoms. The van der Waals surface area contributed by atoms with Crippen LogP contribution in [0.15, 0.2) is 23.1 Å². The van der Waals surface area contributed by atoms with Crippen LogP contribution < -0.4 is 0 Å². The highest BCUT2D eigenvalue weighted by Gasteiger charge is 2.30. The smallest absolute Gasteiger partial charge is 0.289 e. The van der Waals surface area contributed by atoms with Crippen LogP contribution in [-0.4, -0.2) is 27.1 Å². The van der Waals surface area contributed by atoms with Crippen molar-refractivity contribution in [3.8, 4) is 0 Å². The molecule has 23 heavy (non-hydrogen) atoms. The molecule has 1 aliphatic carbocycles. The quantitative estimate of drug-likeness (QED) is 0.376. The average Bonchev–Trinajstić information content (AvgIpc) is 2.48. The summed E-state index contributed by atoms with van der Waals surface area (Å²) in [6.07, 6.45) is 3.46. The molecule has 1 N–H and O–H groups in total. The van der Waals surface area contributed by atoms with E-state index in [-0.39, 0.29) is 28.6 Å². The van der Waals surface area contributed by atoms with E-state index in [1.54, 1.807) is 6.92 Å². The number of non-ortho nitro benzene ring substituents is 1. The Bertz CT molecular complexity index is 637. The van der Waals surface area contributed by atoms with Crippen LogP contribution in [0.3, 0.4) is 0 Å². The minimum Gasteiger partial charge on any atom is -0.477 e. The fraction of sp³-hybridized carbons (Fsp3) is 0.500. The number of thioether (sulfide) groups is 1. The number of rotatable bonds is 5. The summed E-state index contributed by atoms with van der Waals surface area (Å²) < 4.78 is 5.52. The van der Waals surface area contributed by atoms with Crippen LogP contribution in [0.25, 0.3) is 0 Å². The predicted molar refractivity (Wildman–Crippen MR) is 86.1 cm³/mol. The van der Waals surface area contributed by atoms with Crippen molar-refractivity contribution in [2.75, 3.05) is 0 Å². The monoisotopic (exact) mass is 339 g/mol. The van der Waals surface area contributed by atoms with Crippen LogP contribution in [0.1, 0.15) is 32.6 Å². The largest absolute Gasteiger partial charge is 0.477 e. The number of benzene rings is 1. The minimum absolute atomic E-state index is 0.00999. The second-order valence-electron chi connectivity index (χ2n) is 5.32. The van der Waals surface area contributed by atoms with Gasteiger partial charge in [0.1, 0.15) is 6.10 Å². The molecule has 0 aliphatic heterocycles. The first kappa shape index (κ1) is 17.2. The van der Waals surface area contributed by atoms with E-state index in [0.717, 1.165) is 31.7 Å². The second kappa shape index (κ2) is 7.40. The van der Waals surface area contributed by atoms with Gasteiger partial charge in [-0.25, -0.2) is 0 Å². The molecule has 0 spiro atoms. The van der Waals surface area contributed by atoms with Gasteiger partial charge in [-0.3, -0.25) is 25.6 Å². The lowest BCUT2D eigenvalue weighted by Gasteiger charge is -2.30. The van der Waals surface area contributed by atoms with Crippen LogP contribution in [0, 0.1) is 25.6 Å². The molecular formula is C14H17N3O5S. The molecule has 0 bridgehead atoms. The summed E-state index contributed by atoms with van der Waals surface area (Å²) in [6, 6.07) is 3.68. The molecule has 1 aliphatic rings. The third-order valence-electron chi connectivity index (χ3n) is 3.60. The standard InChI is InChI=1S/C14H17N3O5S/c1-9(15)22-12-4-2-3-5-14(12)23-13-7-6-10(16(18)19)8-11(13)17(20)21/h6-8,12,14-15H,2-5H2,1H3. The summed E-state index contributed by atoms with van der Waals surface area (Å²) in [5, 5.41) is 29.4. The van der Waals surface area contributed by atoms with Gasteiger partial charge < -0.3 is 4.74 Å². The number of nitrogens with one attached hydrogen (secondary N) is 1. The molecular weight excluding hydrogens is 322 g/mol. The zero-order valence-corrected chi connectivity index (χ0v) is 13.4. The summed E-state index contributed by atoms with van der Waals surface area (Å²) in [6.45, 7) is 1.56. The van der Waals surface area contributed by atoms with E-state index in [0.29, 0.717) is 4.90 Å². The molecule has 2 unspecified atom stereocenters. The third-order valence-corrected chi connectivity index (χ3v) is 5.04. The Balaban J connectivity index is 2.25. The van der Waals surface area contributed by atoms with Gasteiger partial charge in [-0.1, -0.05) is 6.42 Å². The second-order valence-corrected chi connectivity index (χ2v) is 6.60. The molecule has 0 heterocycles. The molecule has 0 amide bonds. The van der Waals surface area contributed by atoms with Crippen molar-refractivity contribution in [3.05, 3.63) is 38.4 Å². The molecule has 2 atom stereocenters. The van der Waals surface area contributed by atoms with E-state index in [1.165, 1.54) is 23.9 Å². The first-order valence-corrected chi connectivity index (χ1v) is 8.07. The van der Waals surface area contributed by atoms with Gasteiger partial charge in [0, 0.05) is 18.2 Å². The molecule has 0 aromatic heterocycles. The van der Waals surface area contributed by atoms with Crippen LogP contribution >= 0.6 is 11.8 Å². The van der Waals surface area contributed by atoms with Crippen molar-refractivity contribution in [2.45, 2.75) is 48.9 Å². The maximum Gasteiger partial charge on any atom is 0.289 e. The Kier molecular flexibility index (Phi) is 5.54. The van der Waals surface area contributed by atoms with Gasteiger partial charge in [-0.2, -0.15) is 0 Å². The van der Waals surface area contributed by atoms with Gasteiger partial charge in [-0.05, 0) is 25.3 Å². The first-order chi connectivity index (χ1) is 10.9. The van der Waals surface area contributed by atoms with Crippen LogP contribution in [-0.2, 0) is 4.74 Å². The third kappa shape index (κ3) is 4.41. The number of nitro benzene ring substituents is 2. The lowest BCUT2D eigenvalue weighted by molar-refractivity contribution is -0.396. The highest BCUT2D eigenvalue weighted by atomic mass is 32.2. The molecule has 0 radical (unpaired) electrons. The van der Waals surface area contributed by atoms with Gasteiger partial charge >= 0.3 is 0 Å². The molecule has 8 nitrogen and oxygen atoms in total. The number of nitrogens with zero attached hydrogens (tertiary/aromatic N) is 2. The topological polar surface area (TPSA) is 119 Å². The van der Waals surface area contributed by atoms with E-state index in [4.69, 9.17) is 10.1 Å². The maximum absolute atomic E-state index is 11.2. The Hall–Kier alpha value is -2.16. The number of ether oxygens (including phenoxy) is 1. The van der Waals surface area contributed by atoms with Crippen molar-refractivity contribution in [1.29, 1.82) is 5.41 Å². The summed E-state index contributed by atoms with van der Waals surface area (Å²) >= 11 is 1.30. The summed E-state index contributed by atoms with van der Waals surface area (Å²) in [5.74, 6) is 0.126. The van der Waals surface area contributed by atoms with Crippen LogP contribution in [0.4, 0.5) is 11.4 Å². The molecule has 1 fully saturated rings. The summed E-state index contributed by atoms with van der Waals surface area (Å²) in [7, 11) is 0. The zero-order valence-electron chi connectivity index (χ0n) is 12.6. The Morgan fingerprint density at radius 3 is 2.57 bits per heavy atom. The first-order valence-electron chi connectivity index (χ1n) is 7.20. The number of hydrogen-bond acceptors (Lipinski definition) is 7. The normalized spacial score (nSPS) is 20.7. The van der Waals surface area contributed by atoms with Gasteiger partial charge in [0.2, 0.25) is 0 Å². The average molecular weight is 339 g/mol. The SMILES string of the molecule is CC(=N)OC1CCCCC1Sc1ccc([N+](=O)[O-])cc1[N+](=O)[O-]. The molecule has 124 valence electrons. The van der Waals surface area contributed by atoms with E-state index < -0.39 is 9.85 Å². The van der Waals surface area contributed by atoms with Gasteiger partial charge in [-0.15, -0.1) is 11.8 Å². The molecule has 1 saturated carbocycles. The maximum atomic E-state index is 11.2. The molecule has 1 aromatic carbocycles. The van der Waals surface area contributed by atoms with Crippen molar-refractivity contribution in [1.82, 2.24) is 0 Å². The van der Waals surface area contributed by atoms with E-state index in [9.17, 15) is 20.2 Å². The fourth-order valence-electron chi connectivity index (χ4n) is 2.58. The highest BCUT2D eigenvalue weighted by Crippen LogP contribution is 2.40. The molecule has 2 rings (SSSR count). The van der Waals surface area contributed by atoms with Crippen molar-refractivity contribution in [2.24, 2.45) is 0 Å². The Morgan fingerprint density at radius 2 is 1.96 bits per heavy atom. The number of nitro groups is 2. The zero-order chi connectivity index (χ0) is 17.0. The van der Waals surface area contributed by atoms with E-state index in [2.05, 4.69) is 0 Å². The Morgan fingerprint density at radius 1 is 1.26 bits per heavy atom. The van der Waals surface area contributed by atoms with E-state index >= 15 is 0 Å². The number of hydrogen-bond donors (Lipinski definition) is 1. The summed E-state index contributed by atoms with van der Waals surface area (Å²) in [4.78, 5) is 21.1. The highest BCUT2D eigenvalue weighted by molar-refractivity contribution is 8.00. The minimum atomic E-state index is -0.646. The van der Waals surface area contributed by atoms with E-state index in [1.807, 2.05) is 0 Å². The lowest BCUT2D eigenvalue weighted by Crippen LogP contribution is -2.31. The van der Waals surface area contributed by atoms with Crippen LogP contribution in [0.2, 0.25) is 0 Å². The van der Waals surface area contributed by atoms with Crippen molar-refractivity contribution in [3.63, 3.8) is 0 Å². The molecule has 1 aromatic rings. The molecule has 0 saturated heterocycles.